The van der Waals surface area contributed by atoms with Crippen molar-refractivity contribution < 1.29 is 14.7 Å². The third kappa shape index (κ3) is 3.30. The third-order valence-corrected chi connectivity index (χ3v) is 2.91. The van der Waals surface area contributed by atoms with Crippen molar-refractivity contribution >= 4 is 23.2 Å². The van der Waals surface area contributed by atoms with Gasteiger partial charge in [0.05, 0.1) is 5.56 Å². The van der Waals surface area contributed by atoms with Crippen LogP contribution in [0.25, 0.3) is 0 Å². The molecular weight excluding hydrogens is 270 g/mol. The number of phenols is 1. The van der Waals surface area contributed by atoms with E-state index >= 15 is 0 Å². The zero-order valence-electron chi connectivity index (χ0n) is 11.4. The lowest BCUT2D eigenvalue weighted by molar-refractivity contribution is 0.0962. The van der Waals surface area contributed by atoms with E-state index in [0.29, 0.717) is 11.3 Å². The Labute approximate surface area is 121 Å². The molecule has 6 heteroatoms. The molecule has 2 rings (SSSR count). The van der Waals surface area contributed by atoms with Crippen molar-refractivity contribution in [1.29, 1.82) is 0 Å². The predicted octanol–water partition coefficient (Wildman–Crippen LogP) is 1.59. The highest BCUT2D eigenvalue weighted by Gasteiger charge is 2.11. The van der Waals surface area contributed by atoms with Gasteiger partial charge >= 0.3 is 0 Å². The van der Waals surface area contributed by atoms with Crippen LogP contribution in [-0.2, 0) is 0 Å². The van der Waals surface area contributed by atoms with E-state index in [2.05, 4.69) is 10.6 Å². The Morgan fingerprint density at radius 1 is 1.05 bits per heavy atom. The predicted molar refractivity (Wildman–Crippen MR) is 80.3 cm³/mol. The van der Waals surface area contributed by atoms with Gasteiger partial charge in [-0.2, -0.15) is 0 Å². The second kappa shape index (κ2) is 5.96. The van der Waals surface area contributed by atoms with Gasteiger partial charge in [0.1, 0.15) is 5.75 Å². The normalized spacial score (nSPS) is 9.95. The van der Waals surface area contributed by atoms with Gasteiger partial charge in [0.15, 0.2) is 0 Å². The summed E-state index contributed by atoms with van der Waals surface area (Å²) in [6.07, 6.45) is 0. The van der Waals surface area contributed by atoms with Crippen LogP contribution in [0.15, 0.2) is 42.5 Å². The maximum atomic E-state index is 12.1. The Kier molecular flexibility index (Phi) is 4.08. The lowest BCUT2D eigenvalue weighted by Crippen LogP contribution is -2.18. The number of amides is 2. The summed E-state index contributed by atoms with van der Waals surface area (Å²) in [6.45, 7) is 0. The number of carbonyl (C=O) groups excluding carboxylic acids is 2. The van der Waals surface area contributed by atoms with Crippen molar-refractivity contribution in [2.45, 2.75) is 0 Å². The second-order valence-electron chi connectivity index (χ2n) is 4.38. The molecule has 0 atom stereocenters. The van der Waals surface area contributed by atoms with Crippen molar-refractivity contribution in [3.63, 3.8) is 0 Å². The number of nitrogens with one attached hydrogen (secondary N) is 2. The average molecular weight is 285 g/mol. The maximum Gasteiger partial charge on any atom is 0.257 e. The van der Waals surface area contributed by atoms with Gasteiger partial charge in [-0.3, -0.25) is 9.59 Å². The molecule has 0 fully saturated rings. The van der Waals surface area contributed by atoms with Gasteiger partial charge in [-0.25, -0.2) is 0 Å². The molecule has 0 bridgehead atoms. The highest BCUT2D eigenvalue weighted by molar-refractivity contribution is 6.08. The fourth-order valence-electron chi connectivity index (χ4n) is 1.79. The molecule has 0 aliphatic heterocycles. The van der Waals surface area contributed by atoms with Crippen molar-refractivity contribution in [3.8, 4) is 5.75 Å². The molecule has 0 spiro atoms. The third-order valence-electron chi connectivity index (χ3n) is 2.91. The van der Waals surface area contributed by atoms with Gasteiger partial charge < -0.3 is 21.5 Å². The molecule has 0 unspecified atom stereocenters. The molecule has 0 heterocycles. The molecule has 6 nitrogen and oxygen atoms in total. The highest BCUT2D eigenvalue weighted by Crippen LogP contribution is 2.20. The van der Waals surface area contributed by atoms with Gasteiger partial charge in [0.25, 0.3) is 11.8 Å². The van der Waals surface area contributed by atoms with Crippen LogP contribution in [0, 0.1) is 0 Å². The number of anilines is 2. The quantitative estimate of drug-likeness (QED) is 0.507. The molecular formula is C15H15N3O3. The van der Waals surface area contributed by atoms with E-state index < -0.39 is 5.91 Å². The van der Waals surface area contributed by atoms with Crippen LogP contribution >= 0.6 is 0 Å². The van der Waals surface area contributed by atoms with Gasteiger partial charge in [0, 0.05) is 24.0 Å². The summed E-state index contributed by atoms with van der Waals surface area (Å²) in [5, 5.41) is 14.6. The van der Waals surface area contributed by atoms with E-state index in [-0.39, 0.29) is 22.9 Å². The summed E-state index contributed by atoms with van der Waals surface area (Å²) in [4.78, 5) is 23.5. The SMILES string of the molecule is CNC(=O)c1ccc(NC(=O)c2cc(O)ccc2N)cc1. The van der Waals surface area contributed by atoms with Crippen molar-refractivity contribution in [2.24, 2.45) is 0 Å². The van der Waals surface area contributed by atoms with Crippen LogP contribution in [-0.4, -0.2) is 24.0 Å². The Hall–Kier alpha value is -3.02. The number of nitrogens with two attached hydrogens (primary N) is 1. The first-order valence-corrected chi connectivity index (χ1v) is 6.23. The number of benzene rings is 2. The number of hydrogen-bond donors (Lipinski definition) is 4. The van der Waals surface area contributed by atoms with Crippen LogP contribution in [0.3, 0.4) is 0 Å². The van der Waals surface area contributed by atoms with Gasteiger partial charge in [-0.05, 0) is 42.5 Å². The number of aromatic hydroxyl groups is 1. The van der Waals surface area contributed by atoms with E-state index in [4.69, 9.17) is 5.73 Å². The van der Waals surface area contributed by atoms with Gasteiger partial charge in [-0.1, -0.05) is 0 Å². The number of hydrogen-bond acceptors (Lipinski definition) is 4. The van der Waals surface area contributed by atoms with Crippen molar-refractivity contribution in [1.82, 2.24) is 5.32 Å². The molecule has 2 aromatic carbocycles. The standard InChI is InChI=1S/C15H15N3O3/c1-17-14(20)9-2-4-10(5-3-9)18-15(21)12-8-11(19)6-7-13(12)16/h2-8,19H,16H2,1H3,(H,17,20)(H,18,21). The maximum absolute atomic E-state index is 12.1. The van der Waals surface area contributed by atoms with Gasteiger partial charge in [-0.15, -0.1) is 0 Å². The van der Waals surface area contributed by atoms with Crippen LogP contribution < -0.4 is 16.4 Å². The topological polar surface area (TPSA) is 104 Å². The van der Waals surface area contributed by atoms with E-state index in [9.17, 15) is 14.7 Å². The molecule has 0 aromatic heterocycles. The Bertz CT molecular complexity index is 681. The summed E-state index contributed by atoms with van der Waals surface area (Å²) in [6, 6.07) is 10.6. The summed E-state index contributed by atoms with van der Waals surface area (Å²) in [7, 11) is 1.54. The molecule has 0 saturated heterocycles. The molecule has 0 aliphatic carbocycles. The fraction of sp³-hybridized carbons (Fsp3) is 0.0667. The molecule has 2 aromatic rings. The molecule has 0 saturated carbocycles. The zero-order valence-corrected chi connectivity index (χ0v) is 11.4. The lowest BCUT2D eigenvalue weighted by Gasteiger charge is -2.08. The minimum absolute atomic E-state index is 0.0377. The Morgan fingerprint density at radius 3 is 2.33 bits per heavy atom. The van der Waals surface area contributed by atoms with Crippen molar-refractivity contribution in [2.75, 3.05) is 18.1 Å². The van der Waals surface area contributed by atoms with Crippen molar-refractivity contribution in [3.05, 3.63) is 53.6 Å². The van der Waals surface area contributed by atoms with E-state index in [1.165, 1.54) is 18.2 Å². The number of nitrogen functional groups attached to an aromatic ring is 1. The van der Waals surface area contributed by atoms with Crippen LogP contribution in [0.2, 0.25) is 0 Å². The first-order chi connectivity index (χ1) is 10.0. The van der Waals surface area contributed by atoms with Gasteiger partial charge in [0.2, 0.25) is 0 Å². The molecule has 5 N–H and O–H groups in total. The number of phenolic OH excluding ortho intramolecular Hbond substituents is 1. The molecule has 2 amide bonds. The second-order valence-corrected chi connectivity index (χ2v) is 4.38. The van der Waals surface area contributed by atoms with Crippen LogP contribution in [0.1, 0.15) is 20.7 Å². The molecule has 0 radical (unpaired) electrons. The summed E-state index contributed by atoms with van der Waals surface area (Å²) in [5.74, 6) is -0.675. The number of rotatable bonds is 3. The zero-order chi connectivity index (χ0) is 15.4. The van der Waals surface area contributed by atoms with E-state index in [1.54, 1.807) is 31.3 Å². The molecule has 21 heavy (non-hydrogen) atoms. The fourth-order valence-corrected chi connectivity index (χ4v) is 1.79. The van der Waals surface area contributed by atoms with E-state index in [0.717, 1.165) is 0 Å². The molecule has 108 valence electrons. The van der Waals surface area contributed by atoms with E-state index in [1.807, 2.05) is 0 Å². The first-order valence-electron chi connectivity index (χ1n) is 6.23. The summed E-state index contributed by atoms with van der Waals surface area (Å²) in [5.41, 5.74) is 7.17. The Balaban J connectivity index is 2.16. The minimum Gasteiger partial charge on any atom is -0.508 e. The van der Waals surface area contributed by atoms with Crippen LogP contribution in [0.4, 0.5) is 11.4 Å². The lowest BCUT2D eigenvalue weighted by atomic mass is 10.1. The smallest absolute Gasteiger partial charge is 0.257 e. The monoisotopic (exact) mass is 285 g/mol. The molecule has 0 aliphatic rings. The number of carbonyl (C=O) groups is 2. The largest absolute Gasteiger partial charge is 0.508 e. The van der Waals surface area contributed by atoms with Crippen LogP contribution in [0.5, 0.6) is 5.75 Å². The summed E-state index contributed by atoms with van der Waals surface area (Å²) >= 11 is 0. The Morgan fingerprint density at radius 2 is 1.71 bits per heavy atom. The summed E-state index contributed by atoms with van der Waals surface area (Å²) < 4.78 is 0. The highest BCUT2D eigenvalue weighted by atomic mass is 16.3. The minimum atomic E-state index is -0.434. The first kappa shape index (κ1) is 14.4. The average Bonchev–Trinajstić information content (AvgIpc) is 2.49.